The average Bonchev–Trinajstić information content (AvgIpc) is 3.23. The number of hydrogen-bond acceptors (Lipinski definition) is 2. The van der Waals surface area contributed by atoms with Gasteiger partial charge in [0.1, 0.15) is 6.23 Å². The number of allylic oxidation sites excluding steroid dienone is 4. The third-order valence-electron chi connectivity index (χ3n) is 12.6. The summed E-state index contributed by atoms with van der Waals surface area (Å²) in [5, 5.41) is 3.69. The van der Waals surface area contributed by atoms with Crippen LogP contribution in [0.15, 0.2) is 53.1 Å². The zero-order valence-corrected chi connectivity index (χ0v) is 29.1. The zero-order chi connectivity index (χ0) is 29.8. The molecule has 41 heavy (non-hydrogen) atoms. The van der Waals surface area contributed by atoms with Crippen molar-refractivity contribution in [1.82, 2.24) is 0 Å². The van der Waals surface area contributed by atoms with E-state index in [1.54, 1.807) is 5.57 Å². The minimum atomic E-state index is -0.776. The zero-order valence-electron chi connectivity index (χ0n) is 28.1. The number of nitrogens with one attached hydrogen (secondary N) is 1. The lowest BCUT2D eigenvalue weighted by Gasteiger charge is -2.62. The largest absolute Gasteiger partial charge is 0.398 e. The Balaban J connectivity index is 1.31. The Hall–Kier alpha value is -1.32. The standard InChI is InChI=1S/C38H60NOSi/c1-26(16-21-34(40-41(9)10)39-27-14-12-11-13-15-27)29-18-19-30-28-17-20-33-36(5,6)32(35(2,3)4)23-25-38(33,8)31(28)22-24-37(29,30)7/h11-15,19,26,29,32-34,39H,16-18,20-25H2,1-10H3/t26-,29-,32-,33+,34?,37-,38-/m1/s1. The van der Waals surface area contributed by atoms with Crippen molar-refractivity contribution in [2.24, 2.45) is 45.3 Å². The Bertz CT molecular complexity index is 1140. The highest BCUT2D eigenvalue weighted by Gasteiger charge is 2.58. The molecular formula is C38H60NOSi. The van der Waals surface area contributed by atoms with Crippen LogP contribution in [0.1, 0.15) is 113 Å². The molecule has 4 aliphatic carbocycles. The first-order chi connectivity index (χ1) is 19.2. The fourth-order valence-corrected chi connectivity index (χ4v) is 11.7. The maximum atomic E-state index is 6.45. The van der Waals surface area contributed by atoms with Gasteiger partial charge in [0.15, 0.2) is 0 Å². The van der Waals surface area contributed by atoms with Gasteiger partial charge < -0.3 is 9.74 Å². The minimum absolute atomic E-state index is 0.104. The fraction of sp³-hybridized carbons (Fsp3) is 0.737. The van der Waals surface area contributed by atoms with E-state index in [0.29, 0.717) is 27.6 Å². The Morgan fingerprint density at radius 1 is 0.951 bits per heavy atom. The van der Waals surface area contributed by atoms with Crippen molar-refractivity contribution in [2.75, 3.05) is 5.32 Å². The van der Waals surface area contributed by atoms with E-state index in [9.17, 15) is 0 Å². The minimum Gasteiger partial charge on any atom is -0.398 e. The Labute approximate surface area is 254 Å². The molecule has 227 valence electrons. The molecule has 1 aromatic rings. The first-order valence-corrected chi connectivity index (χ1v) is 19.3. The summed E-state index contributed by atoms with van der Waals surface area (Å²) in [7, 11) is -0.776. The Kier molecular flexibility index (Phi) is 8.58. The number of fused-ring (bicyclic) bond motifs is 4. The number of hydrogen-bond donors (Lipinski definition) is 1. The second kappa shape index (κ2) is 11.3. The quantitative estimate of drug-likeness (QED) is 0.246. The summed E-state index contributed by atoms with van der Waals surface area (Å²) in [4.78, 5) is 0. The summed E-state index contributed by atoms with van der Waals surface area (Å²) in [6, 6.07) is 10.6. The van der Waals surface area contributed by atoms with E-state index < -0.39 is 9.04 Å². The van der Waals surface area contributed by atoms with Crippen LogP contribution in [0.25, 0.3) is 0 Å². The summed E-state index contributed by atoms with van der Waals surface area (Å²) in [5.74, 6) is 3.06. The van der Waals surface area contributed by atoms with Crippen LogP contribution in [0.2, 0.25) is 13.1 Å². The lowest BCUT2D eigenvalue weighted by Crippen LogP contribution is -2.53. The van der Waals surface area contributed by atoms with Crippen LogP contribution in [0, 0.1) is 45.3 Å². The van der Waals surface area contributed by atoms with E-state index >= 15 is 0 Å². The Morgan fingerprint density at radius 2 is 1.66 bits per heavy atom. The summed E-state index contributed by atoms with van der Waals surface area (Å²) in [5.41, 5.74) is 8.15. The van der Waals surface area contributed by atoms with Crippen LogP contribution < -0.4 is 5.32 Å². The van der Waals surface area contributed by atoms with E-state index in [0.717, 1.165) is 24.2 Å². The molecule has 5 rings (SSSR count). The van der Waals surface area contributed by atoms with Gasteiger partial charge in [-0.15, -0.1) is 0 Å². The molecule has 0 aliphatic heterocycles. The third kappa shape index (κ3) is 5.68. The maximum Gasteiger partial charge on any atom is 0.207 e. The van der Waals surface area contributed by atoms with Crippen molar-refractivity contribution in [3.8, 4) is 0 Å². The monoisotopic (exact) mass is 574 g/mol. The first kappa shape index (κ1) is 31.1. The molecule has 0 saturated heterocycles. The van der Waals surface area contributed by atoms with Gasteiger partial charge in [-0.1, -0.05) is 85.2 Å². The summed E-state index contributed by atoms with van der Waals surface area (Å²) in [6.45, 7) is 25.1. The smallest absolute Gasteiger partial charge is 0.207 e. The molecule has 4 aliphatic rings. The van der Waals surface area contributed by atoms with Crippen LogP contribution in [-0.2, 0) is 4.43 Å². The normalized spacial score (nSPS) is 34.4. The molecule has 1 aromatic carbocycles. The van der Waals surface area contributed by atoms with Gasteiger partial charge in [0.2, 0.25) is 9.04 Å². The van der Waals surface area contributed by atoms with E-state index in [4.69, 9.17) is 4.43 Å². The molecule has 0 bridgehead atoms. The molecular weight excluding hydrogens is 515 g/mol. The SMILES string of the molecule is C[C@H](CCC(Nc1ccccc1)O[Si](C)C)[C@H]1CC=C2C3=C(CC[C@@]21C)[C@@]1(C)CC[C@H](C(C)(C)C)C(C)(C)[C@@H]1CC3. The fourth-order valence-electron chi connectivity index (χ4n) is 10.9. The summed E-state index contributed by atoms with van der Waals surface area (Å²) in [6.07, 6.45) is 14.5. The van der Waals surface area contributed by atoms with Gasteiger partial charge in [-0.2, -0.15) is 0 Å². The highest BCUT2D eigenvalue weighted by Crippen LogP contribution is 2.69. The number of para-hydroxylation sites is 1. The van der Waals surface area contributed by atoms with Crippen LogP contribution in [-0.4, -0.2) is 15.3 Å². The maximum absolute atomic E-state index is 6.45. The molecule has 1 fully saturated rings. The van der Waals surface area contributed by atoms with E-state index in [-0.39, 0.29) is 6.23 Å². The highest BCUT2D eigenvalue weighted by molar-refractivity contribution is 6.48. The van der Waals surface area contributed by atoms with E-state index in [2.05, 4.69) is 110 Å². The third-order valence-corrected chi connectivity index (χ3v) is 13.3. The molecule has 2 nitrogen and oxygen atoms in total. The predicted octanol–water partition coefficient (Wildman–Crippen LogP) is 11.1. The van der Waals surface area contributed by atoms with Crippen molar-refractivity contribution in [1.29, 1.82) is 0 Å². The summed E-state index contributed by atoms with van der Waals surface area (Å²) < 4.78 is 6.45. The predicted molar refractivity (Wildman–Crippen MR) is 178 cm³/mol. The van der Waals surface area contributed by atoms with Gasteiger partial charge in [-0.25, -0.2) is 0 Å². The lowest BCUT2D eigenvalue weighted by molar-refractivity contribution is -0.0804. The lowest BCUT2D eigenvalue weighted by atomic mass is 9.42. The van der Waals surface area contributed by atoms with Crippen molar-refractivity contribution >= 4 is 14.7 Å². The number of rotatable bonds is 8. The topological polar surface area (TPSA) is 21.3 Å². The number of anilines is 1. The van der Waals surface area contributed by atoms with Gasteiger partial charge >= 0.3 is 0 Å². The second-order valence-corrected chi connectivity index (χ2v) is 18.8. The highest BCUT2D eigenvalue weighted by atomic mass is 28.3. The molecule has 0 heterocycles. The van der Waals surface area contributed by atoms with Crippen LogP contribution in [0.4, 0.5) is 5.69 Å². The van der Waals surface area contributed by atoms with Crippen LogP contribution >= 0.6 is 0 Å². The van der Waals surface area contributed by atoms with Gasteiger partial charge in [-0.05, 0) is 139 Å². The van der Waals surface area contributed by atoms with Crippen LogP contribution in [0.5, 0.6) is 0 Å². The number of benzene rings is 1. The molecule has 1 saturated carbocycles. The molecule has 1 radical (unpaired) electrons. The molecule has 3 heteroatoms. The molecule has 1 unspecified atom stereocenters. The van der Waals surface area contributed by atoms with Gasteiger partial charge in [0.05, 0.1) is 0 Å². The molecule has 0 spiro atoms. The second-order valence-electron chi connectivity index (χ2n) is 16.7. The summed E-state index contributed by atoms with van der Waals surface area (Å²) >= 11 is 0. The average molecular weight is 575 g/mol. The van der Waals surface area contributed by atoms with Crippen molar-refractivity contribution in [3.63, 3.8) is 0 Å². The van der Waals surface area contributed by atoms with Crippen molar-refractivity contribution in [2.45, 2.75) is 132 Å². The van der Waals surface area contributed by atoms with Crippen molar-refractivity contribution < 1.29 is 4.43 Å². The van der Waals surface area contributed by atoms with Crippen LogP contribution in [0.3, 0.4) is 0 Å². The molecule has 1 N–H and O–H groups in total. The molecule has 0 amide bonds. The van der Waals surface area contributed by atoms with E-state index in [1.807, 2.05) is 11.1 Å². The first-order valence-electron chi connectivity index (χ1n) is 16.9. The van der Waals surface area contributed by atoms with Crippen molar-refractivity contribution in [3.05, 3.63) is 53.1 Å². The van der Waals surface area contributed by atoms with Gasteiger partial charge in [0, 0.05) is 5.69 Å². The van der Waals surface area contributed by atoms with Gasteiger partial charge in [0.25, 0.3) is 0 Å². The Morgan fingerprint density at radius 3 is 2.32 bits per heavy atom. The van der Waals surface area contributed by atoms with Gasteiger partial charge in [-0.3, -0.25) is 0 Å². The van der Waals surface area contributed by atoms with E-state index in [1.165, 1.54) is 57.1 Å². The molecule has 0 aromatic heterocycles. The molecule has 7 atom stereocenters.